The van der Waals surface area contributed by atoms with Crippen LogP contribution in [0.3, 0.4) is 0 Å². The molecule has 0 spiro atoms. The fraction of sp³-hybridized carbons (Fsp3) is 0.286. The summed E-state index contributed by atoms with van der Waals surface area (Å²) in [7, 11) is -2.72. The van der Waals surface area contributed by atoms with Gasteiger partial charge in [0, 0.05) is 18.7 Å². The van der Waals surface area contributed by atoms with E-state index in [1.807, 2.05) is 6.92 Å². The maximum absolute atomic E-state index is 14.5. The van der Waals surface area contributed by atoms with E-state index in [-0.39, 0.29) is 22.7 Å². The second-order valence-electron chi connectivity index (χ2n) is 8.60. The summed E-state index contributed by atoms with van der Waals surface area (Å²) >= 11 is 0. The van der Waals surface area contributed by atoms with E-state index in [0.717, 1.165) is 4.31 Å². The van der Waals surface area contributed by atoms with E-state index in [4.69, 9.17) is 4.74 Å². The topological polar surface area (TPSA) is 96.0 Å². The first kappa shape index (κ1) is 28.6. The first-order valence-electron chi connectivity index (χ1n) is 12.2. The van der Waals surface area contributed by atoms with Crippen LogP contribution in [0.5, 0.6) is 5.75 Å². The molecule has 0 aliphatic carbocycles. The van der Waals surface area contributed by atoms with Gasteiger partial charge in [0.1, 0.15) is 24.2 Å². The number of carbonyl (C=O) groups excluding carboxylic acids is 2. The number of amides is 2. The van der Waals surface area contributed by atoms with Crippen LogP contribution in [0.15, 0.2) is 83.8 Å². The predicted octanol–water partition coefficient (Wildman–Crippen LogP) is 3.97. The molecule has 3 aromatic carbocycles. The minimum Gasteiger partial charge on any atom is -0.497 e. The lowest BCUT2D eigenvalue weighted by Gasteiger charge is -2.32. The molecular weight excluding hydrogens is 509 g/mol. The fourth-order valence-corrected chi connectivity index (χ4v) is 5.20. The number of ether oxygens (including phenoxy) is 1. The number of para-hydroxylation sites is 1. The van der Waals surface area contributed by atoms with Crippen molar-refractivity contribution >= 4 is 27.5 Å². The molecule has 0 aliphatic heterocycles. The monoisotopic (exact) mass is 541 g/mol. The van der Waals surface area contributed by atoms with E-state index in [9.17, 15) is 22.4 Å². The summed E-state index contributed by atoms with van der Waals surface area (Å²) in [5.41, 5.74) is 0.478. The maximum Gasteiger partial charge on any atom is 0.264 e. The Morgan fingerprint density at radius 2 is 1.61 bits per heavy atom. The molecule has 0 saturated heterocycles. The molecule has 0 aliphatic rings. The Morgan fingerprint density at radius 1 is 0.974 bits per heavy atom. The molecule has 2 amide bonds. The van der Waals surface area contributed by atoms with Gasteiger partial charge in [-0.25, -0.2) is 12.8 Å². The molecule has 0 bridgehead atoms. The predicted molar refractivity (Wildman–Crippen MR) is 144 cm³/mol. The number of anilines is 1. The van der Waals surface area contributed by atoms with Gasteiger partial charge in [-0.1, -0.05) is 43.3 Å². The van der Waals surface area contributed by atoms with Gasteiger partial charge in [0.2, 0.25) is 11.8 Å². The molecule has 0 radical (unpaired) electrons. The highest BCUT2D eigenvalue weighted by Crippen LogP contribution is 2.26. The van der Waals surface area contributed by atoms with Crippen molar-refractivity contribution in [3.05, 3.63) is 90.2 Å². The number of hydrogen-bond donors (Lipinski definition) is 1. The van der Waals surface area contributed by atoms with Crippen LogP contribution in [0.1, 0.15) is 25.8 Å². The summed E-state index contributed by atoms with van der Waals surface area (Å²) in [4.78, 5) is 27.7. The van der Waals surface area contributed by atoms with Crippen LogP contribution < -0.4 is 14.4 Å². The summed E-state index contributed by atoms with van der Waals surface area (Å²) in [6, 6.07) is 19.0. The van der Waals surface area contributed by atoms with Crippen LogP contribution in [0.25, 0.3) is 0 Å². The molecule has 0 unspecified atom stereocenters. The average Bonchev–Trinajstić information content (AvgIpc) is 2.94. The summed E-state index contributed by atoms with van der Waals surface area (Å²) < 4.78 is 48.1. The molecule has 3 aromatic rings. The zero-order valence-electron chi connectivity index (χ0n) is 21.6. The number of carbonyl (C=O) groups is 2. The van der Waals surface area contributed by atoms with Crippen molar-refractivity contribution in [1.82, 2.24) is 10.2 Å². The van der Waals surface area contributed by atoms with Gasteiger partial charge >= 0.3 is 0 Å². The second-order valence-corrected chi connectivity index (χ2v) is 10.5. The minimum atomic E-state index is -4.19. The highest BCUT2D eigenvalue weighted by atomic mass is 32.2. The summed E-state index contributed by atoms with van der Waals surface area (Å²) in [5, 5.41) is 2.75. The SMILES string of the molecule is CCCNC(=O)[C@H](C)N(Cc1ccccc1F)C(=O)CN(c1ccccc1)S(=O)(=O)c1ccc(OC)cc1. The third kappa shape index (κ3) is 6.89. The van der Waals surface area contributed by atoms with E-state index in [1.165, 1.54) is 61.4 Å². The first-order chi connectivity index (χ1) is 18.2. The second kappa shape index (κ2) is 13.0. The number of hydrogen-bond acceptors (Lipinski definition) is 5. The maximum atomic E-state index is 14.5. The Labute approximate surface area is 223 Å². The third-order valence-electron chi connectivity index (χ3n) is 5.99. The highest BCUT2D eigenvalue weighted by molar-refractivity contribution is 7.92. The average molecular weight is 542 g/mol. The molecule has 38 heavy (non-hydrogen) atoms. The van der Waals surface area contributed by atoms with Gasteiger partial charge in [0.05, 0.1) is 17.7 Å². The largest absolute Gasteiger partial charge is 0.497 e. The molecule has 202 valence electrons. The van der Waals surface area contributed by atoms with Crippen LogP contribution in [0.2, 0.25) is 0 Å². The van der Waals surface area contributed by atoms with E-state index in [1.54, 1.807) is 36.4 Å². The van der Waals surface area contributed by atoms with E-state index < -0.39 is 40.2 Å². The smallest absolute Gasteiger partial charge is 0.264 e. The zero-order valence-corrected chi connectivity index (χ0v) is 22.4. The van der Waals surface area contributed by atoms with Gasteiger partial charge in [0.15, 0.2) is 0 Å². The van der Waals surface area contributed by atoms with E-state index >= 15 is 0 Å². The highest BCUT2D eigenvalue weighted by Gasteiger charge is 2.32. The standard InChI is InChI=1S/C28H32FN3O5S/c1-4-18-30-28(34)21(2)31(19-22-10-8-9-13-26(22)29)27(33)20-32(23-11-6-5-7-12-23)38(35,36)25-16-14-24(37-3)15-17-25/h5-17,21H,4,18-20H2,1-3H3,(H,30,34)/t21-/m0/s1. The quantitative estimate of drug-likeness (QED) is 0.374. The van der Waals surface area contributed by atoms with Crippen LogP contribution in [0, 0.1) is 5.82 Å². The molecule has 0 heterocycles. The lowest BCUT2D eigenvalue weighted by molar-refractivity contribution is -0.139. The van der Waals surface area contributed by atoms with Crippen molar-refractivity contribution in [3.8, 4) is 5.75 Å². The molecule has 1 atom stereocenters. The number of halogens is 1. The summed E-state index contributed by atoms with van der Waals surface area (Å²) in [6.45, 7) is 3.03. The fourth-order valence-electron chi connectivity index (χ4n) is 3.79. The van der Waals surface area contributed by atoms with E-state index in [2.05, 4.69) is 5.32 Å². The summed E-state index contributed by atoms with van der Waals surface area (Å²) in [5.74, 6) is -1.12. The van der Waals surface area contributed by atoms with Crippen LogP contribution in [-0.4, -0.2) is 51.4 Å². The van der Waals surface area contributed by atoms with Gasteiger partial charge in [-0.2, -0.15) is 0 Å². The molecule has 10 heteroatoms. The number of rotatable bonds is 12. The van der Waals surface area contributed by atoms with Crippen molar-refractivity contribution in [2.24, 2.45) is 0 Å². The molecular formula is C28H32FN3O5S. The number of nitrogens with zero attached hydrogens (tertiary/aromatic N) is 2. The molecule has 0 aromatic heterocycles. The van der Waals surface area contributed by atoms with Gasteiger partial charge in [0.25, 0.3) is 10.0 Å². The number of sulfonamides is 1. The van der Waals surface area contributed by atoms with Gasteiger partial charge in [-0.05, 0) is 55.8 Å². The van der Waals surface area contributed by atoms with Crippen LogP contribution in [-0.2, 0) is 26.2 Å². The molecule has 0 saturated carbocycles. The van der Waals surface area contributed by atoms with Crippen molar-refractivity contribution in [2.75, 3.05) is 24.5 Å². The lowest BCUT2D eigenvalue weighted by Crippen LogP contribution is -2.51. The number of methoxy groups -OCH3 is 1. The number of nitrogens with one attached hydrogen (secondary N) is 1. The van der Waals surface area contributed by atoms with E-state index in [0.29, 0.717) is 18.7 Å². The first-order valence-corrected chi connectivity index (χ1v) is 13.7. The van der Waals surface area contributed by atoms with Crippen LogP contribution >= 0.6 is 0 Å². The van der Waals surface area contributed by atoms with Gasteiger partial charge < -0.3 is 15.0 Å². The zero-order chi connectivity index (χ0) is 27.7. The van der Waals surface area contributed by atoms with Crippen molar-refractivity contribution in [2.45, 2.75) is 37.8 Å². The van der Waals surface area contributed by atoms with Crippen LogP contribution in [0.4, 0.5) is 10.1 Å². The summed E-state index contributed by atoms with van der Waals surface area (Å²) in [6.07, 6.45) is 0.696. The number of benzene rings is 3. The Hall–Kier alpha value is -3.92. The Kier molecular flexibility index (Phi) is 9.84. The molecule has 1 N–H and O–H groups in total. The normalized spacial score (nSPS) is 11.9. The minimum absolute atomic E-state index is 0.0376. The van der Waals surface area contributed by atoms with Crippen molar-refractivity contribution in [3.63, 3.8) is 0 Å². The Bertz CT molecular complexity index is 1330. The van der Waals surface area contributed by atoms with Gasteiger partial charge in [-0.3, -0.25) is 13.9 Å². The Morgan fingerprint density at radius 3 is 2.21 bits per heavy atom. The van der Waals surface area contributed by atoms with Crippen molar-refractivity contribution < 1.29 is 27.1 Å². The van der Waals surface area contributed by atoms with Crippen molar-refractivity contribution in [1.29, 1.82) is 0 Å². The molecule has 8 nitrogen and oxygen atoms in total. The molecule has 0 fully saturated rings. The lowest BCUT2D eigenvalue weighted by atomic mass is 10.1. The molecule has 3 rings (SSSR count). The Balaban J connectivity index is 2.00. The third-order valence-corrected chi connectivity index (χ3v) is 7.77. The van der Waals surface area contributed by atoms with Gasteiger partial charge in [-0.15, -0.1) is 0 Å².